The fourth-order valence-electron chi connectivity index (χ4n) is 2.21. The van der Waals surface area contributed by atoms with Gasteiger partial charge in [-0.25, -0.2) is 0 Å². The summed E-state index contributed by atoms with van der Waals surface area (Å²) in [5, 5.41) is 0. The van der Waals surface area contributed by atoms with Crippen LogP contribution in [0.25, 0.3) is 0 Å². The number of hydrazine groups is 1. The molecule has 0 radical (unpaired) electrons. The van der Waals surface area contributed by atoms with Crippen molar-refractivity contribution < 1.29 is 9.59 Å². The van der Waals surface area contributed by atoms with Gasteiger partial charge in [0.25, 0.3) is 5.91 Å². The first-order valence-electron chi connectivity index (χ1n) is 7.42. The summed E-state index contributed by atoms with van der Waals surface area (Å²) in [6.07, 6.45) is 3.72. The summed E-state index contributed by atoms with van der Waals surface area (Å²) in [5.74, 6) is -0.538. The fourth-order valence-corrected chi connectivity index (χ4v) is 2.73. The molecule has 0 spiro atoms. The molecule has 23 heavy (non-hydrogen) atoms. The van der Waals surface area contributed by atoms with Gasteiger partial charge in [0.15, 0.2) is 0 Å². The minimum Gasteiger partial charge on any atom is -0.345 e. The number of aryl methyl sites for hydroxylation is 3. The lowest BCUT2D eigenvalue weighted by molar-refractivity contribution is -0.121. The fraction of sp³-hybridized carbons (Fsp3) is 0.294. The number of aromatic nitrogens is 1. The van der Waals surface area contributed by atoms with Crippen molar-refractivity contribution in [3.63, 3.8) is 0 Å². The minimum atomic E-state index is -0.343. The third-order valence-corrected chi connectivity index (χ3v) is 3.94. The quantitative estimate of drug-likeness (QED) is 0.786. The Bertz CT molecular complexity index is 692. The molecule has 0 aliphatic carbocycles. The molecule has 0 aliphatic heterocycles. The van der Waals surface area contributed by atoms with Gasteiger partial charge in [0.05, 0.1) is 0 Å². The highest BCUT2D eigenvalue weighted by molar-refractivity contribution is 9.10. The van der Waals surface area contributed by atoms with E-state index in [0.29, 0.717) is 12.1 Å². The first-order valence-corrected chi connectivity index (χ1v) is 8.21. The van der Waals surface area contributed by atoms with E-state index in [1.165, 1.54) is 11.1 Å². The van der Waals surface area contributed by atoms with Gasteiger partial charge in [-0.2, -0.15) is 0 Å². The van der Waals surface area contributed by atoms with Crippen molar-refractivity contribution in [3.8, 4) is 0 Å². The van der Waals surface area contributed by atoms with E-state index in [9.17, 15) is 9.59 Å². The van der Waals surface area contributed by atoms with E-state index in [-0.39, 0.29) is 11.8 Å². The first-order chi connectivity index (χ1) is 11.0. The molecule has 2 N–H and O–H groups in total. The van der Waals surface area contributed by atoms with Crippen LogP contribution in [0.4, 0.5) is 0 Å². The molecule has 2 amide bonds. The maximum atomic E-state index is 11.9. The van der Waals surface area contributed by atoms with Crippen LogP contribution in [0, 0.1) is 6.92 Å². The molecule has 0 fully saturated rings. The molecule has 0 aliphatic rings. The zero-order valence-electron chi connectivity index (χ0n) is 13.2. The Labute approximate surface area is 144 Å². The topological polar surface area (TPSA) is 63.1 Å². The van der Waals surface area contributed by atoms with Crippen molar-refractivity contribution in [3.05, 3.63) is 57.8 Å². The molecular formula is C17H20BrN3O2. The predicted molar refractivity (Wildman–Crippen MR) is 92.8 cm³/mol. The van der Waals surface area contributed by atoms with Gasteiger partial charge in [0, 0.05) is 24.1 Å². The lowest BCUT2D eigenvalue weighted by Gasteiger charge is -2.08. The number of nitrogens with one attached hydrogen (secondary N) is 2. The van der Waals surface area contributed by atoms with Gasteiger partial charge in [-0.05, 0) is 47.3 Å². The van der Waals surface area contributed by atoms with E-state index in [1.807, 2.05) is 6.92 Å². The summed E-state index contributed by atoms with van der Waals surface area (Å²) >= 11 is 3.30. The second-order valence-corrected chi connectivity index (χ2v) is 6.41. The van der Waals surface area contributed by atoms with E-state index in [0.717, 1.165) is 17.3 Å². The van der Waals surface area contributed by atoms with E-state index < -0.39 is 0 Å². The van der Waals surface area contributed by atoms with E-state index in [4.69, 9.17) is 0 Å². The highest BCUT2D eigenvalue weighted by atomic mass is 79.9. The van der Waals surface area contributed by atoms with Crippen LogP contribution in [0.2, 0.25) is 0 Å². The molecule has 2 rings (SSSR count). The molecule has 1 aromatic carbocycles. The second-order valence-electron chi connectivity index (χ2n) is 5.50. The lowest BCUT2D eigenvalue weighted by atomic mass is 10.1. The summed E-state index contributed by atoms with van der Waals surface area (Å²) < 4.78 is 2.50. The van der Waals surface area contributed by atoms with Gasteiger partial charge in [-0.15, -0.1) is 0 Å². The summed E-state index contributed by atoms with van der Waals surface area (Å²) in [6, 6.07) is 9.96. The predicted octanol–water partition coefficient (Wildman–Crippen LogP) is 2.88. The van der Waals surface area contributed by atoms with Gasteiger partial charge in [-0.1, -0.05) is 29.8 Å². The largest absolute Gasteiger partial charge is 0.345 e. The Hall–Kier alpha value is -2.08. The van der Waals surface area contributed by atoms with Crippen LogP contribution >= 0.6 is 15.9 Å². The Morgan fingerprint density at radius 3 is 2.48 bits per heavy atom. The summed E-state index contributed by atoms with van der Waals surface area (Å²) in [7, 11) is 1.77. The van der Waals surface area contributed by atoms with Gasteiger partial charge >= 0.3 is 0 Å². The zero-order chi connectivity index (χ0) is 16.8. The molecule has 0 saturated heterocycles. The smallest absolute Gasteiger partial charge is 0.286 e. The number of carbonyl (C=O) groups excluding carboxylic acids is 2. The van der Waals surface area contributed by atoms with Crippen molar-refractivity contribution in [1.82, 2.24) is 15.4 Å². The van der Waals surface area contributed by atoms with Crippen molar-refractivity contribution in [1.29, 1.82) is 0 Å². The third kappa shape index (κ3) is 5.25. The number of amides is 2. The van der Waals surface area contributed by atoms with Crippen LogP contribution in [0.1, 0.15) is 34.5 Å². The highest BCUT2D eigenvalue weighted by Crippen LogP contribution is 2.13. The maximum Gasteiger partial charge on any atom is 0.286 e. The summed E-state index contributed by atoms with van der Waals surface area (Å²) in [6.45, 7) is 2.05. The maximum absolute atomic E-state index is 11.9. The molecule has 6 heteroatoms. The Kier molecular flexibility index (Phi) is 5.98. The van der Waals surface area contributed by atoms with E-state index in [1.54, 1.807) is 23.9 Å². The van der Waals surface area contributed by atoms with Gasteiger partial charge < -0.3 is 4.57 Å². The van der Waals surface area contributed by atoms with Gasteiger partial charge in [0.2, 0.25) is 5.91 Å². The lowest BCUT2D eigenvalue weighted by Crippen LogP contribution is -2.42. The molecular weight excluding hydrogens is 358 g/mol. The molecule has 2 aromatic rings. The van der Waals surface area contributed by atoms with Crippen molar-refractivity contribution in [2.75, 3.05) is 0 Å². The first kappa shape index (κ1) is 17.3. The number of nitrogens with zero attached hydrogens (tertiary/aromatic N) is 1. The number of carbonyl (C=O) groups is 2. The van der Waals surface area contributed by atoms with Crippen LogP contribution in [-0.2, 0) is 18.3 Å². The summed E-state index contributed by atoms with van der Waals surface area (Å²) in [5.41, 5.74) is 7.78. The SMILES string of the molecule is Cc1ccc(CCCC(=O)NNC(=O)c2cc(Br)cn2C)cc1. The van der Waals surface area contributed by atoms with Crippen LogP contribution in [0.5, 0.6) is 0 Å². The molecule has 0 unspecified atom stereocenters. The average molecular weight is 378 g/mol. The van der Waals surface area contributed by atoms with Gasteiger partial charge in [-0.3, -0.25) is 20.4 Å². The molecule has 0 saturated carbocycles. The van der Waals surface area contributed by atoms with Crippen LogP contribution in [0.15, 0.2) is 41.0 Å². The third-order valence-electron chi connectivity index (χ3n) is 3.51. The van der Waals surface area contributed by atoms with Crippen molar-refractivity contribution in [2.45, 2.75) is 26.2 Å². The molecule has 5 nitrogen and oxygen atoms in total. The zero-order valence-corrected chi connectivity index (χ0v) is 14.8. The Balaban J connectivity index is 1.71. The number of hydrogen-bond acceptors (Lipinski definition) is 2. The van der Waals surface area contributed by atoms with Crippen molar-refractivity contribution in [2.24, 2.45) is 7.05 Å². The molecule has 0 atom stereocenters. The van der Waals surface area contributed by atoms with Crippen LogP contribution < -0.4 is 10.9 Å². The average Bonchev–Trinajstić information content (AvgIpc) is 2.85. The number of rotatable bonds is 5. The van der Waals surface area contributed by atoms with Crippen LogP contribution in [0.3, 0.4) is 0 Å². The van der Waals surface area contributed by atoms with Crippen LogP contribution in [-0.4, -0.2) is 16.4 Å². The number of hydrogen-bond donors (Lipinski definition) is 2. The second kappa shape index (κ2) is 7.97. The van der Waals surface area contributed by atoms with E-state index in [2.05, 4.69) is 51.0 Å². The normalized spacial score (nSPS) is 10.4. The number of benzene rings is 1. The summed E-state index contributed by atoms with van der Waals surface area (Å²) in [4.78, 5) is 23.7. The van der Waals surface area contributed by atoms with Crippen molar-refractivity contribution >= 4 is 27.7 Å². The standard InChI is InChI=1S/C17H20BrN3O2/c1-12-6-8-13(9-7-12)4-3-5-16(22)19-20-17(23)15-10-14(18)11-21(15)2/h6-11H,3-5H2,1-2H3,(H,19,22)(H,20,23). The highest BCUT2D eigenvalue weighted by Gasteiger charge is 2.11. The minimum absolute atomic E-state index is 0.196. The monoisotopic (exact) mass is 377 g/mol. The number of halogens is 1. The Morgan fingerprint density at radius 1 is 1.17 bits per heavy atom. The Morgan fingerprint density at radius 2 is 1.87 bits per heavy atom. The molecule has 1 aromatic heterocycles. The molecule has 1 heterocycles. The van der Waals surface area contributed by atoms with Gasteiger partial charge in [0.1, 0.15) is 5.69 Å². The molecule has 122 valence electrons. The molecule has 0 bridgehead atoms. The van der Waals surface area contributed by atoms with E-state index >= 15 is 0 Å².